The first kappa shape index (κ1) is 43.3. The Hall–Kier alpha value is -5.94. The van der Waals surface area contributed by atoms with Crippen LogP contribution in [0.5, 0.6) is 11.5 Å². The topological polar surface area (TPSA) is 190 Å². The van der Waals surface area contributed by atoms with E-state index in [2.05, 4.69) is 30.7 Å². The number of imide groups is 1. The largest absolute Gasteiger partial charge is 0.496 e. The molecule has 64 heavy (non-hydrogen) atoms. The fourth-order valence-electron chi connectivity index (χ4n) is 10.1. The summed E-state index contributed by atoms with van der Waals surface area (Å²) in [6.07, 6.45) is 8.34. The molecule has 4 aromatic rings. The second-order valence-electron chi connectivity index (χ2n) is 17.9. The number of carbonyl (C=O) groups is 4. The van der Waals surface area contributed by atoms with Crippen LogP contribution >= 0.6 is 11.6 Å². The summed E-state index contributed by atoms with van der Waals surface area (Å²) in [5, 5.41) is 9.35. The molecule has 2 aromatic carbocycles. The molecule has 4 amide bonds. The highest BCUT2D eigenvalue weighted by Gasteiger charge is 2.48. The van der Waals surface area contributed by atoms with E-state index in [9.17, 15) is 24.0 Å². The van der Waals surface area contributed by atoms with Gasteiger partial charge in [0.05, 0.1) is 36.6 Å². The number of piperidine rings is 2. The lowest BCUT2D eigenvalue weighted by atomic mass is 9.67. The Morgan fingerprint density at radius 2 is 1.72 bits per heavy atom. The summed E-state index contributed by atoms with van der Waals surface area (Å²) in [6.45, 7) is 7.18. The fourth-order valence-corrected chi connectivity index (χ4v) is 10.2. The van der Waals surface area contributed by atoms with Gasteiger partial charge < -0.3 is 44.1 Å². The zero-order valence-electron chi connectivity index (χ0n) is 36.6. The van der Waals surface area contributed by atoms with Gasteiger partial charge in [-0.3, -0.25) is 29.3 Å². The maximum absolute atomic E-state index is 13.7. The first-order valence-corrected chi connectivity index (χ1v) is 22.5. The van der Waals surface area contributed by atoms with Crippen molar-refractivity contribution in [2.24, 2.45) is 5.41 Å². The molecule has 6 heterocycles. The van der Waals surface area contributed by atoms with Gasteiger partial charge in [0.1, 0.15) is 16.8 Å². The Morgan fingerprint density at radius 3 is 2.42 bits per heavy atom. The molecule has 0 radical (unpaired) electrons. The van der Waals surface area contributed by atoms with Crippen LogP contribution in [0.3, 0.4) is 0 Å². The zero-order valence-corrected chi connectivity index (χ0v) is 37.3. The number of nitrogens with zero attached hydrogens (tertiary/aromatic N) is 6. The molecule has 9 rings (SSSR count). The number of halogens is 1. The number of pyridine rings is 1. The number of carbonyl (C=O) groups excluding carboxylic acids is 4. The zero-order chi connectivity index (χ0) is 44.9. The number of hydrogen-bond donors (Lipinski definition) is 3. The fraction of sp³-hybridized carbons (Fsp3) is 0.500. The van der Waals surface area contributed by atoms with Crippen molar-refractivity contribution in [3.63, 3.8) is 0 Å². The third-order valence-corrected chi connectivity index (χ3v) is 13.8. The van der Waals surface area contributed by atoms with Crippen molar-refractivity contribution < 1.29 is 33.4 Å². The number of nitrogens with one attached hydrogen (secondary N) is 3. The van der Waals surface area contributed by atoms with Gasteiger partial charge >= 0.3 is 0 Å². The van der Waals surface area contributed by atoms with E-state index >= 15 is 0 Å². The standard InChI is InChI=1S/C46H54ClN9O8/c1-26(2)56-33-6-5-28(19-27(33)20-37(43(56)60)63-23-39(58)48-3)50-41-32(47)21-49-45(52-41)53-17-13-30(14-18-53)64-29-11-15-46(16-12-29)24-54(25-46)34-7-9-36(62-4)40-31(34)22-55(44(40)61)35-8-10-38(57)51-42(35)59/h5-7,9,19-21,26,29-30,35H,8,10-18,22-25H2,1-4H3,(H,48,58)(H,49,50,52)(H,51,57,59). The third-order valence-electron chi connectivity index (χ3n) is 13.5. The summed E-state index contributed by atoms with van der Waals surface area (Å²) in [6, 6.07) is 10.3. The summed E-state index contributed by atoms with van der Waals surface area (Å²) >= 11 is 6.61. The molecule has 3 saturated heterocycles. The molecule has 0 bridgehead atoms. The SMILES string of the molecule is CNC(=O)COc1cc2cc(Nc3nc(N4CCC(OC5CCC6(CC5)CN(c5ccc(OC)c7c5CN(C5CCC(=O)NC5=O)C7=O)C6)CC4)ncc3Cl)ccc2n(C(C)C)c1=O. The second kappa shape index (κ2) is 17.6. The minimum Gasteiger partial charge on any atom is -0.496 e. The molecule has 3 N–H and O–H groups in total. The summed E-state index contributed by atoms with van der Waals surface area (Å²) in [5.74, 6) is 0.337. The van der Waals surface area contributed by atoms with Crippen molar-refractivity contribution in [3.8, 4) is 11.5 Å². The highest BCUT2D eigenvalue weighted by molar-refractivity contribution is 6.33. The summed E-state index contributed by atoms with van der Waals surface area (Å²) in [4.78, 5) is 78.8. The number of benzene rings is 2. The van der Waals surface area contributed by atoms with Gasteiger partial charge in [-0.1, -0.05) is 11.6 Å². The van der Waals surface area contributed by atoms with E-state index in [1.807, 2.05) is 44.2 Å². The molecule has 1 atom stereocenters. The molecular weight excluding hydrogens is 842 g/mol. The molecule has 1 unspecified atom stereocenters. The molecule has 1 saturated carbocycles. The molecule has 4 fully saturated rings. The number of methoxy groups -OCH3 is 1. The van der Waals surface area contributed by atoms with E-state index in [0.29, 0.717) is 46.8 Å². The van der Waals surface area contributed by atoms with Crippen LogP contribution in [0, 0.1) is 5.41 Å². The van der Waals surface area contributed by atoms with Crippen molar-refractivity contribution in [1.82, 2.24) is 30.1 Å². The predicted octanol–water partition coefficient (Wildman–Crippen LogP) is 5.10. The minimum absolute atomic E-state index is 0.0894. The lowest BCUT2D eigenvalue weighted by Crippen LogP contribution is -2.58. The van der Waals surface area contributed by atoms with Crippen molar-refractivity contribution in [2.75, 3.05) is 62.1 Å². The van der Waals surface area contributed by atoms with E-state index < -0.39 is 11.9 Å². The molecule has 5 aliphatic rings. The van der Waals surface area contributed by atoms with E-state index in [0.717, 1.165) is 86.9 Å². The van der Waals surface area contributed by atoms with Crippen molar-refractivity contribution >= 4 is 69.3 Å². The Kier molecular flexibility index (Phi) is 11.9. The van der Waals surface area contributed by atoms with Gasteiger partial charge in [0.15, 0.2) is 18.2 Å². The van der Waals surface area contributed by atoms with Crippen molar-refractivity contribution in [3.05, 3.63) is 69.1 Å². The van der Waals surface area contributed by atoms with Crippen molar-refractivity contribution in [2.45, 2.75) is 96.1 Å². The number of rotatable bonds is 12. The maximum Gasteiger partial charge on any atom is 0.293 e. The Bertz CT molecular complexity index is 2560. The van der Waals surface area contributed by atoms with Gasteiger partial charge in [0.25, 0.3) is 17.4 Å². The van der Waals surface area contributed by atoms with Gasteiger partial charge in [-0.2, -0.15) is 4.98 Å². The predicted molar refractivity (Wildman–Crippen MR) is 241 cm³/mol. The molecular formula is C46H54ClN9O8. The average Bonchev–Trinajstić information content (AvgIpc) is 3.62. The number of fused-ring (bicyclic) bond motifs is 2. The number of amides is 4. The Balaban J connectivity index is 0.780. The number of anilines is 4. The van der Waals surface area contributed by atoms with Crippen LogP contribution in [0.1, 0.15) is 87.2 Å². The first-order valence-electron chi connectivity index (χ1n) is 22.2. The molecule has 17 nitrogen and oxygen atoms in total. The summed E-state index contributed by atoms with van der Waals surface area (Å²) in [7, 11) is 3.07. The molecule has 2 aromatic heterocycles. The third kappa shape index (κ3) is 8.30. The molecule has 18 heteroatoms. The quantitative estimate of drug-likeness (QED) is 0.160. The Labute approximate surface area is 375 Å². The lowest BCUT2D eigenvalue weighted by molar-refractivity contribution is -0.137. The molecule has 1 aliphatic carbocycles. The monoisotopic (exact) mass is 895 g/mol. The van der Waals surface area contributed by atoms with Gasteiger partial charge in [0.2, 0.25) is 17.8 Å². The van der Waals surface area contributed by atoms with Crippen LogP contribution in [-0.2, 0) is 25.7 Å². The summed E-state index contributed by atoms with van der Waals surface area (Å²) in [5.41, 5.74) is 3.74. The molecule has 4 aliphatic heterocycles. The normalized spacial score (nSPS) is 20.1. The number of likely N-dealkylation sites (N-methyl/N-ethyl adjacent to an activating group) is 1. The van der Waals surface area contributed by atoms with E-state index in [1.54, 1.807) is 28.8 Å². The number of hydrogen-bond acceptors (Lipinski definition) is 13. The maximum atomic E-state index is 13.7. The highest BCUT2D eigenvalue weighted by Crippen LogP contribution is 2.49. The van der Waals surface area contributed by atoms with Crippen LogP contribution in [0.25, 0.3) is 10.9 Å². The van der Waals surface area contributed by atoms with Crippen LogP contribution in [0.2, 0.25) is 5.02 Å². The van der Waals surface area contributed by atoms with Crippen LogP contribution < -0.4 is 40.8 Å². The van der Waals surface area contributed by atoms with E-state index in [4.69, 9.17) is 30.8 Å². The van der Waals surface area contributed by atoms with Crippen LogP contribution in [-0.4, -0.2) is 108 Å². The average molecular weight is 896 g/mol. The Morgan fingerprint density at radius 1 is 0.969 bits per heavy atom. The number of ether oxygens (including phenoxy) is 3. The molecule has 1 spiro atoms. The molecule has 338 valence electrons. The van der Waals surface area contributed by atoms with Gasteiger partial charge in [0, 0.05) is 80.0 Å². The highest BCUT2D eigenvalue weighted by atomic mass is 35.5. The minimum atomic E-state index is -0.681. The van der Waals surface area contributed by atoms with Crippen LogP contribution in [0.15, 0.2) is 47.4 Å². The van der Waals surface area contributed by atoms with Gasteiger partial charge in [-0.05, 0) is 95.2 Å². The van der Waals surface area contributed by atoms with Gasteiger partial charge in [-0.15, -0.1) is 0 Å². The van der Waals surface area contributed by atoms with E-state index in [1.165, 1.54) is 7.05 Å². The number of aromatic nitrogens is 3. The smallest absolute Gasteiger partial charge is 0.293 e. The lowest BCUT2D eigenvalue weighted by Gasteiger charge is -2.55. The van der Waals surface area contributed by atoms with Crippen molar-refractivity contribution in [1.29, 1.82) is 0 Å². The second-order valence-corrected chi connectivity index (χ2v) is 18.3. The first-order chi connectivity index (χ1) is 30.8. The van der Waals surface area contributed by atoms with E-state index in [-0.39, 0.29) is 65.7 Å². The van der Waals surface area contributed by atoms with Gasteiger partial charge in [-0.25, -0.2) is 4.98 Å². The van der Waals surface area contributed by atoms with Crippen LogP contribution in [0.4, 0.5) is 23.1 Å². The summed E-state index contributed by atoms with van der Waals surface area (Å²) < 4.78 is 19.6.